The van der Waals surface area contributed by atoms with Crippen molar-refractivity contribution >= 4 is 35.1 Å². The van der Waals surface area contributed by atoms with Crippen molar-refractivity contribution in [2.75, 3.05) is 25.0 Å². The number of benzene rings is 2. The molecule has 172 valence electrons. The number of piperazine rings is 1. The standard InChI is InChI=1S/C25H27ClN4O3/c26-18-9-6-16(7-10-18)17-8-11-21-20(14-17)24(32)30-13-12-29(15-22(30)23(31)28-21)25(33)27-19-4-2-1-3-5-19/h6-11,14,19,22H,1-5,12-13,15H2,(H,27,33)(H,28,31). The van der Waals surface area contributed by atoms with Crippen LogP contribution in [-0.2, 0) is 4.79 Å². The van der Waals surface area contributed by atoms with Gasteiger partial charge in [0.1, 0.15) is 6.04 Å². The first-order valence-corrected chi connectivity index (χ1v) is 11.9. The van der Waals surface area contributed by atoms with Gasteiger partial charge >= 0.3 is 6.03 Å². The van der Waals surface area contributed by atoms with Gasteiger partial charge < -0.3 is 20.4 Å². The lowest BCUT2D eigenvalue weighted by Crippen LogP contribution is -2.61. The highest BCUT2D eigenvalue weighted by Crippen LogP contribution is 2.31. The average molecular weight is 467 g/mol. The lowest BCUT2D eigenvalue weighted by Gasteiger charge is -2.40. The number of urea groups is 1. The Morgan fingerprint density at radius 3 is 2.45 bits per heavy atom. The van der Waals surface area contributed by atoms with Crippen LogP contribution in [0.5, 0.6) is 0 Å². The van der Waals surface area contributed by atoms with E-state index in [2.05, 4.69) is 10.6 Å². The van der Waals surface area contributed by atoms with Crippen molar-refractivity contribution in [3.8, 4) is 11.1 Å². The molecule has 2 heterocycles. The number of rotatable bonds is 2. The molecule has 2 aromatic rings. The second kappa shape index (κ2) is 9.06. The summed E-state index contributed by atoms with van der Waals surface area (Å²) in [5, 5.41) is 6.66. The minimum absolute atomic E-state index is 0.145. The largest absolute Gasteiger partial charge is 0.335 e. The molecule has 0 radical (unpaired) electrons. The van der Waals surface area contributed by atoms with Gasteiger partial charge in [0.2, 0.25) is 5.91 Å². The summed E-state index contributed by atoms with van der Waals surface area (Å²) in [6.45, 7) is 0.911. The van der Waals surface area contributed by atoms with Crippen LogP contribution in [0.3, 0.4) is 0 Å². The van der Waals surface area contributed by atoms with Crippen molar-refractivity contribution in [3.05, 3.63) is 53.1 Å². The molecule has 2 N–H and O–H groups in total. The number of fused-ring (bicyclic) bond motifs is 2. The van der Waals surface area contributed by atoms with Gasteiger partial charge in [-0.05, 0) is 48.2 Å². The molecule has 3 aliphatic rings. The molecule has 2 aliphatic heterocycles. The molecule has 8 heteroatoms. The lowest BCUT2D eigenvalue weighted by atomic mass is 9.96. The molecule has 0 spiro atoms. The van der Waals surface area contributed by atoms with Gasteiger partial charge in [0, 0.05) is 24.2 Å². The van der Waals surface area contributed by atoms with E-state index in [9.17, 15) is 14.4 Å². The van der Waals surface area contributed by atoms with E-state index in [4.69, 9.17) is 11.6 Å². The van der Waals surface area contributed by atoms with E-state index < -0.39 is 6.04 Å². The van der Waals surface area contributed by atoms with E-state index in [0.717, 1.165) is 36.8 Å². The van der Waals surface area contributed by atoms with Crippen LogP contribution in [0.4, 0.5) is 10.5 Å². The zero-order valence-electron chi connectivity index (χ0n) is 18.4. The molecule has 7 nitrogen and oxygen atoms in total. The van der Waals surface area contributed by atoms with E-state index >= 15 is 0 Å². The fourth-order valence-corrected chi connectivity index (χ4v) is 5.10. The van der Waals surface area contributed by atoms with Crippen molar-refractivity contribution in [2.45, 2.75) is 44.2 Å². The average Bonchev–Trinajstić information content (AvgIpc) is 2.94. The molecule has 1 saturated heterocycles. The summed E-state index contributed by atoms with van der Waals surface area (Å²) in [5.41, 5.74) is 2.76. The predicted molar refractivity (Wildman–Crippen MR) is 127 cm³/mol. The third-order valence-corrected chi connectivity index (χ3v) is 7.10. The van der Waals surface area contributed by atoms with Crippen molar-refractivity contribution in [1.82, 2.24) is 15.1 Å². The first kappa shape index (κ1) is 21.8. The third-order valence-electron chi connectivity index (χ3n) is 6.85. The van der Waals surface area contributed by atoms with Crippen LogP contribution >= 0.6 is 11.6 Å². The highest BCUT2D eigenvalue weighted by atomic mass is 35.5. The molecule has 0 aromatic heterocycles. The minimum atomic E-state index is -0.713. The van der Waals surface area contributed by atoms with Crippen molar-refractivity contribution in [1.29, 1.82) is 0 Å². The Balaban J connectivity index is 1.34. The van der Waals surface area contributed by atoms with Crippen LogP contribution in [0.15, 0.2) is 42.5 Å². The van der Waals surface area contributed by atoms with Gasteiger partial charge in [-0.3, -0.25) is 9.59 Å². The normalized spacial score (nSPS) is 21.1. The maximum absolute atomic E-state index is 13.4. The summed E-state index contributed by atoms with van der Waals surface area (Å²) in [5.74, 6) is -0.465. The smallest absolute Gasteiger partial charge is 0.317 e. The number of halogens is 1. The number of amides is 4. The highest BCUT2D eigenvalue weighted by Gasteiger charge is 2.40. The molecule has 5 rings (SSSR count). The summed E-state index contributed by atoms with van der Waals surface area (Å²) in [7, 11) is 0. The molecule has 2 aromatic carbocycles. The Labute approximate surface area is 198 Å². The van der Waals surface area contributed by atoms with E-state index in [1.54, 1.807) is 28.0 Å². The van der Waals surface area contributed by atoms with Crippen molar-refractivity contribution in [3.63, 3.8) is 0 Å². The lowest BCUT2D eigenvalue weighted by molar-refractivity contribution is -0.121. The summed E-state index contributed by atoms with van der Waals surface area (Å²) < 4.78 is 0. The molecule has 1 saturated carbocycles. The van der Waals surface area contributed by atoms with Gasteiger partial charge in [-0.25, -0.2) is 4.79 Å². The van der Waals surface area contributed by atoms with Crippen LogP contribution < -0.4 is 10.6 Å². The number of carbonyl (C=O) groups excluding carboxylic acids is 3. The van der Waals surface area contributed by atoms with Crippen LogP contribution in [0, 0.1) is 0 Å². The van der Waals surface area contributed by atoms with E-state index in [-0.39, 0.29) is 30.4 Å². The fraction of sp³-hybridized carbons (Fsp3) is 0.400. The van der Waals surface area contributed by atoms with E-state index in [1.807, 2.05) is 24.3 Å². The van der Waals surface area contributed by atoms with Gasteiger partial charge in [-0.1, -0.05) is 49.1 Å². The molecule has 0 bridgehead atoms. The molecule has 33 heavy (non-hydrogen) atoms. The van der Waals surface area contributed by atoms with Crippen LogP contribution in [0.2, 0.25) is 5.02 Å². The topological polar surface area (TPSA) is 81.8 Å². The van der Waals surface area contributed by atoms with Gasteiger partial charge in [-0.2, -0.15) is 0 Å². The number of nitrogens with one attached hydrogen (secondary N) is 2. The van der Waals surface area contributed by atoms with Crippen LogP contribution in [0.25, 0.3) is 11.1 Å². The first-order chi connectivity index (χ1) is 16.0. The SMILES string of the molecule is O=C1Nc2ccc(-c3ccc(Cl)cc3)cc2C(=O)N2CCN(C(=O)NC3CCCCC3)CC12. The monoisotopic (exact) mass is 466 g/mol. The molecule has 1 unspecified atom stereocenters. The number of carbonyl (C=O) groups is 3. The Hall–Kier alpha value is -3.06. The molecule has 4 amide bonds. The quantitative estimate of drug-likeness (QED) is 0.698. The molecule has 1 aliphatic carbocycles. The van der Waals surface area contributed by atoms with Gasteiger partial charge in [0.15, 0.2) is 0 Å². The summed E-state index contributed by atoms with van der Waals surface area (Å²) in [6.07, 6.45) is 5.48. The number of hydrogen-bond acceptors (Lipinski definition) is 3. The summed E-state index contributed by atoms with van der Waals surface area (Å²) >= 11 is 6.00. The minimum Gasteiger partial charge on any atom is -0.335 e. The Morgan fingerprint density at radius 2 is 1.70 bits per heavy atom. The second-order valence-electron chi connectivity index (χ2n) is 9.00. The number of hydrogen-bond donors (Lipinski definition) is 2. The highest BCUT2D eigenvalue weighted by molar-refractivity contribution is 6.30. The van der Waals surface area contributed by atoms with E-state index in [1.165, 1.54) is 6.42 Å². The molecular weight excluding hydrogens is 440 g/mol. The van der Waals surface area contributed by atoms with Crippen LogP contribution in [-0.4, -0.2) is 59.4 Å². The fourth-order valence-electron chi connectivity index (χ4n) is 4.97. The third kappa shape index (κ3) is 4.42. The molecule has 1 atom stereocenters. The van der Waals surface area contributed by atoms with Crippen molar-refractivity contribution in [2.24, 2.45) is 0 Å². The maximum Gasteiger partial charge on any atom is 0.317 e. The van der Waals surface area contributed by atoms with Gasteiger partial charge in [0.05, 0.1) is 17.8 Å². The Morgan fingerprint density at radius 1 is 0.970 bits per heavy atom. The van der Waals surface area contributed by atoms with E-state index in [0.29, 0.717) is 29.4 Å². The van der Waals surface area contributed by atoms with Gasteiger partial charge in [-0.15, -0.1) is 0 Å². The Bertz CT molecular complexity index is 1080. The summed E-state index contributed by atoms with van der Waals surface area (Å²) in [6, 6.07) is 12.2. The zero-order chi connectivity index (χ0) is 22.9. The second-order valence-corrected chi connectivity index (χ2v) is 9.44. The maximum atomic E-state index is 13.4. The Kier molecular flexibility index (Phi) is 5.98. The zero-order valence-corrected chi connectivity index (χ0v) is 19.1. The van der Waals surface area contributed by atoms with Gasteiger partial charge in [0.25, 0.3) is 5.91 Å². The van der Waals surface area contributed by atoms with Crippen molar-refractivity contribution < 1.29 is 14.4 Å². The molecule has 2 fully saturated rings. The first-order valence-electron chi connectivity index (χ1n) is 11.6. The molecular formula is C25H27ClN4O3. The summed E-state index contributed by atoms with van der Waals surface area (Å²) in [4.78, 5) is 42.6. The predicted octanol–water partition coefficient (Wildman–Crippen LogP) is 4.13. The number of nitrogens with zero attached hydrogens (tertiary/aromatic N) is 2. The van der Waals surface area contributed by atoms with Crippen LogP contribution in [0.1, 0.15) is 42.5 Å². The number of anilines is 1.